The van der Waals surface area contributed by atoms with Crippen LogP contribution >= 0.6 is 0 Å². The fraction of sp³-hybridized carbons (Fsp3) is 0.917. The monoisotopic (exact) mass is 482 g/mol. The van der Waals surface area contributed by atoms with Crippen LogP contribution in [-0.2, 0) is 14.4 Å². The Morgan fingerprint density at radius 1 is 1.09 bits per heavy atom. The number of halogens is 1. The normalized spacial score (nSPS) is 36.2. The van der Waals surface area contributed by atoms with Crippen LogP contribution in [0, 0.1) is 17.8 Å². The number of nitrogens with one attached hydrogen (secondary N) is 4. The number of hydroxylamine groups is 1. The molecule has 2 heterocycles. The molecule has 0 aromatic heterocycles. The Morgan fingerprint density at radius 3 is 2.65 bits per heavy atom. The summed E-state index contributed by atoms with van der Waals surface area (Å²) in [4.78, 5) is 34.5. The van der Waals surface area contributed by atoms with Gasteiger partial charge in [0, 0.05) is 45.1 Å². The second-order valence-electron chi connectivity index (χ2n) is 10.8. The van der Waals surface area contributed by atoms with Crippen LogP contribution in [0.5, 0.6) is 0 Å². The Bertz CT molecular complexity index is 692. The Labute approximate surface area is 202 Å². The third kappa shape index (κ3) is 6.66. The van der Waals surface area contributed by atoms with Crippen LogP contribution in [0.2, 0.25) is 0 Å². The van der Waals surface area contributed by atoms with E-state index in [4.69, 9.17) is 4.84 Å². The zero-order valence-corrected chi connectivity index (χ0v) is 20.7. The van der Waals surface area contributed by atoms with Crippen LogP contribution in [0.4, 0.5) is 4.39 Å². The molecule has 5 unspecified atom stereocenters. The molecule has 4 fully saturated rings. The highest BCUT2D eigenvalue weighted by molar-refractivity contribution is 5.79. The van der Waals surface area contributed by atoms with Gasteiger partial charge in [-0.1, -0.05) is 12.8 Å². The van der Waals surface area contributed by atoms with E-state index in [0.717, 1.165) is 45.2 Å². The SMILES string of the molecule is CN(CCN(C)C(=O)CCC1NC(C2CCC(F)CC2)NO1)CC1NNC(=O)C2CCCCC12. The number of likely N-dealkylation sites (N-methyl/N-ethyl adjacent to an activating group) is 2. The van der Waals surface area contributed by atoms with Crippen molar-refractivity contribution in [2.75, 3.05) is 33.7 Å². The number of hydrazine groups is 1. The summed E-state index contributed by atoms with van der Waals surface area (Å²) in [6, 6.07) is 0.250. The van der Waals surface area contributed by atoms with Crippen molar-refractivity contribution in [1.82, 2.24) is 31.4 Å². The summed E-state index contributed by atoms with van der Waals surface area (Å²) in [6.45, 7) is 2.29. The van der Waals surface area contributed by atoms with Gasteiger partial charge in [-0.15, -0.1) is 0 Å². The predicted octanol–water partition coefficient (Wildman–Crippen LogP) is 1.27. The maximum absolute atomic E-state index is 13.4. The van der Waals surface area contributed by atoms with Crippen molar-refractivity contribution in [2.45, 2.75) is 88.8 Å². The standard InChI is InChI=1S/C24H43FN6O3/c1-30(15-20-18-5-3-4-6-19(18)24(33)28-27-20)13-14-31(2)22(32)12-11-21-26-23(29-34-21)16-7-9-17(25)10-8-16/h16-21,23,26-27,29H,3-15H2,1-2H3,(H,28,33). The minimum Gasteiger partial charge on any atom is -0.344 e. The molecule has 4 aliphatic rings. The second kappa shape index (κ2) is 12.1. The van der Waals surface area contributed by atoms with Crippen molar-refractivity contribution < 1.29 is 18.8 Å². The van der Waals surface area contributed by atoms with Gasteiger partial charge in [0.25, 0.3) is 0 Å². The summed E-state index contributed by atoms with van der Waals surface area (Å²) >= 11 is 0. The fourth-order valence-electron chi connectivity index (χ4n) is 6.04. The summed E-state index contributed by atoms with van der Waals surface area (Å²) in [7, 11) is 3.93. The van der Waals surface area contributed by atoms with Gasteiger partial charge in [0.15, 0.2) is 0 Å². The largest absolute Gasteiger partial charge is 0.344 e. The molecule has 2 amide bonds. The smallest absolute Gasteiger partial charge is 0.237 e. The van der Waals surface area contributed by atoms with Gasteiger partial charge in [-0.2, -0.15) is 5.48 Å². The number of rotatable bonds is 9. The number of hydrogen-bond acceptors (Lipinski definition) is 7. The van der Waals surface area contributed by atoms with E-state index in [9.17, 15) is 14.0 Å². The molecule has 194 valence electrons. The Hall–Kier alpha value is -1.33. The molecule has 2 aliphatic carbocycles. The van der Waals surface area contributed by atoms with Gasteiger partial charge in [0.2, 0.25) is 11.8 Å². The first-order valence-electron chi connectivity index (χ1n) is 13.2. The van der Waals surface area contributed by atoms with Gasteiger partial charge in [-0.25, -0.2) is 9.82 Å². The molecular weight excluding hydrogens is 439 g/mol. The quantitative estimate of drug-likeness (QED) is 0.393. The molecule has 2 saturated heterocycles. The van der Waals surface area contributed by atoms with E-state index in [1.807, 2.05) is 7.05 Å². The number of nitrogens with zero attached hydrogens (tertiary/aromatic N) is 2. The Balaban J connectivity index is 1.12. The third-order valence-corrected chi connectivity index (χ3v) is 8.30. The maximum Gasteiger partial charge on any atom is 0.237 e. The number of amides is 2. The lowest BCUT2D eigenvalue weighted by molar-refractivity contribution is -0.134. The minimum absolute atomic E-state index is 0.0425. The first kappa shape index (κ1) is 25.8. The second-order valence-corrected chi connectivity index (χ2v) is 10.8. The predicted molar refractivity (Wildman–Crippen MR) is 127 cm³/mol. The summed E-state index contributed by atoms with van der Waals surface area (Å²) in [5, 5.41) is 3.42. The van der Waals surface area contributed by atoms with Gasteiger partial charge in [-0.05, 0) is 63.8 Å². The van der Waals surface area contributed by atoms with Gasteiger partial charge in [0.05, 0.1) is 6.17 Å². The summed E-state index contributed by atoms with van der Waals surface area (Å²) in [5.74, 6) is 1.16. The third-order valence-electron chi connectivity index (χ3n) is 8.30. The lowest BCUT2D eigenvalue weighted by atomic mass is 9.74. The van der Waals surface area contributed by atoms with Crippen molar-refractivity contribution >= 4 is 11.8 Å². The minimum atomic E-state index is -0.662. The van der Waals surface area contributed by atoms with Crippen molar-refractivity contribution in [3.8, 4) is 0 Å². The molecule has 4 rings (SSSR count). The molecule has 5 atom stereocenters. The molecule has 2 saturated carbocycles. The molecule has 0 aromatic rings. The Kier molecular flexibility index (Phi) is 9.15. The van der Waals surface area contributed by atoms with Crippen LogP contribution in [0.1, 0.15) is 64.2 Å². The first-order valence-corrected chi connectivity index (χ1v) is 13.2. The highest BCUT2D eigenvalue weighted by atomic mass is 19.1. The zero-order chi connectivity index (χ0) is 24.1. The van der Waals surface area contributed by atoms with Gasteiger partial charge < -0.3 is 9.80 Å². The molecule has 9 nitrogen and oxygen atoms in total. The van der Waals surface area contributed by atoms with Crippen LogP contribution < -0.4 is 21.6 Å². The van der Waals surface area contributed by atoms with Gasteiger partial charge in [0.1, 0.15) is 12.4 Å². The zero-order valence-electron chi connectivity index (χ0n) is 20.7. The van der Waals surface area contributed by atoms with E-state index >= 15 is 0 Å². The molecule has 0 aromatic carbocycles. The van der Waals surface area contributed by atoms with Crippen LogP contribution in [0.25, 0.3) is 0 Å². The molecule has 0 spiro atoms. The lowest BCUT2D eigenvalue weighted by Gasteiger charge is -2.42. The van der Waals surface area contributed by atoms with Crippen molar-refractivity contribution in [3.05, 3.63) is 0 Å². The number of carbonyl (C=O) groups is 2. The van der Waals surface area contributed by atoms with Gasteiger partial charge >= 0.3 is 0 Å². The summed E-state index contributed by atoms with van der Waals surface area (Å²) < 4.78 is 13.4. The summed E-state index contributed by atoms with van der Waals surface area (Å²) in [6.07, 6.45) is 7.62. The number of carbonyl (C=O) groups excluding carboxylic acids is 2. The van der Waals surface area contributed by atoms with Crippen molar-refractivity contribution in [3.63, 3.8) is 0 Å². The molecule has 10 heteroatoms. The van der Waals surface area contributed by atoms with E-state index in [0.29, 0.717) is 44.1 Å². The molecule has 4 N–H and O–H groups in total. The maximum atomic E-state index is 13.4. The lowest BCUT2D eigenvalue weighted by Crippen LogP contribution is -2.62. The van der Waals surface area contributed by atoms with Crippen molar-refractivity contribution in [1.29, 1.82) is 0 Å². The molecule has 34 heavy (non-hydrogen) atoms. The first-order chi connectivity index (χ1) is 16.4. The number of fused-ring (bicyclic) bond motifs is 1. The fourth-order valence-corrected chi connectivity index (χ4v) is 6.04. The number of hydrogen-bond donors (Lipinski definition) is 4. The van der Waals surface area contributed by atoms with E-state index in [-0.39, 0.29) is 36.2 Å². The molecular formula is C24H43FN6O3. The number of alkyl halides is 1. The van der Waals surface area contributed by atoms with Crippen LogP contribution in [0.15, 0.2) is 0 Å². The van der Waals surface area contributed by atoms with E-state index in [1.54, 1.807) is 4.90 Å². The highest BCUT2D eigenvalue weighted by Crippen LogP contribution is 2.34. The highest BCUT2D eigenvalue weighted by Gasteiger charge is 2.40. The van der Waals surface area contributed by atoms with Crippen molar-refractivity contribution in [2.24, 2.45) is 17.8 Å². The molecule has 0 radical (unpaired) electrons. The topological polar surface area (TPSA) is 98.0 Å². The average molecular weight is 483 g/mol. The van der Waals surface area contributed by atoms with E-state index in [1.165, 1.54) is 6.42 Å². The molecule has 0 bridgehead atoms. The Morgan fingerprint density at radius 2 is 1.85 bits per heavy atom. The molecule has 2 aliphatic heterocycles. The van der Waals surface area contributed by atoms with Gasteiger partial charge in [-0.3, -0.25) is 25.2 Å². The van der Waals surface area contributed by atoms with E-state index < -0.39 is 6.17 Å². The van der Waals surface area contributed by atoms with E-state index in [2.05, 4.69) is 33.6 Å². The van der Waals surface area contributed by atoms with Crippen LogP contribution in [0.3, 0.4) is 0 Å². The summed E-state index contributed by atoms with van der Waals surface area (Å²) in [5.41, 5.74) is 9.14. The van der Waals surface area contributed by atoms with Crippen LogP contribution in [-0.4, -0.2) is 80.0 Å². The average Bonchev–Trinajstić information content (AvgIpc) is 3.32.